The average Bonchev–Trinajstić information content (AvgIpc) is 1.81. The quantitative estimate of drug-likeness (QED) is 0.639. The molecule has 10 heavy (non-hydrogen) atoms. The molecule has 0 radical (unpaired) electrons. The van der Waals surface area contributed by atoms with Crippen molar-refractivity contribution in [2.24, 2.45) is 11.3 Å². The first kappa shape index (κ1) is 7.58. The van der Waals surface area contributed by atoms with Gasteiger partial charge < -0.3 is 5.11 Å². The minimum atomic E-state index is -0.651. The Hall–Kier alpha value is -0.530. The standard InChI is InChI=1S/C8H14O2/c1-6(7(9)10)8(2)4-3-5-8/h6H,3-5H2,1-2H3,(H,9,10). The SMILES string of the molecule is CC(C(=O)O)C1(C)CCC1. The summed E-state index contributed by atoms with van der Waals surface area (Å²) in [5.41, 5.74) is 0.103. The Bertz CT molecular complexity index is 147. The van der Waals surface area contributed by atoms with Crippen molar-refractivity contribution < 1.29 is 9.90 Å². The summed E-state index contributed by atoms with van der Waals surface area (Å²) in [4.78, 5) is 10.5. The van der Waals surface area contributed by atoms with Crippen molar-refractivity contribution >= 4 is 5.97 Å². The van der Waals surface area contributed by atoms with Crippen LogP contribution in [0.25, 0.3) is 0 Å². The topological polar surface area (TPSA) is 37.3 Å². The van der Waals surface area contributed by atoms with Crippen LogP contribution in [0.4, 0.5) is 0 Å². The van der Waals surface area contributed by atoms with Crippen LogP contribution in [0.3, 0.4) is 0 Å². The van der Waals surface area contributed by atoms with Crippen LogP contribution in [0.2, 0.25) is 0 Å². The fraction of sp³-hybridized carbons (Fsp3) is 0.875. The van der Waals surface area contributed by atoms with Crippen molar-refractivity contribution in [1.82, 2.24) is 0 Å². The first-order chi connectivity index (χ1) is 4.56. The molecule has 1 aliphatic rings. The molecule has 2 heteroatoms. The van der Waals surface area contributed by atoms with E-state index < -0.39 is 5.97 Å². The first-order valence-electron chi connectivity index (χ1n) is 3.79. The van der Waals surface area contributed by atoms with E-state index in [4.69, 9.17) is 5.11 Å². The summed E-state index contributed by atoms with van der Waals surface area (Å²) in [6, 6.07) is 0. The molecule has 1 N–H and O–H groups in total. The van der Waals surface area contributed by atoms with E-state index in [1.165, 1.54) is 6.42 Å². The molecule has 1 rings (SSSR count). The van der Waals surface area contributed by atoms with Gasteiger partial charge in [-0.05, 0) is 18.3 Å². The van der Waals surface area contributed by atoms with Crippen molar-refractivity contribution in [3.05, 3.63) is 0 Å². The second kappa shape index (κ2) is 2.26. The van der Waals surface area contributed by atoms with E-state index in [-0.39, 0.29) is 11.3 Å². The van der Waals surface area contributed by atoms with Crippen molar-refractivity contribution in [3.63, 3.8) is 0 Å². The maximum Gasteiger partial charge on any atom is 0.306 e. The van der Waals surface area contributed by atoms with E-state index in [1.807, 2.05) is 6.92 Å². The van der Waals surface area contributed by atoms with Gasteiger partial charge in [-0.15, -0.1) is 0 Å². The van der Waals surface area contributed by atoms with Crippen molar-refractivity contribution in [2.45, 2.75) is 33.1 Å². The van der Waals surface area contributed by atoms with Crippen LogP contribution < -0.4 is 0 Å². The Morgan fingerprint density at radius 2 is 2.10 bits per heavy atom. The summed E-state index contributed by atoms with van der Waals surface area (Å²) in [6.45, 7) is 3.87. The molecule has 0 aromatic carbocycles. The third-order valence-corrected chi connectivity index (χ3v) is 2.91. The molecule has 0 spiro atoms. The van der Waals surface area contributed by atoms with E-state index in [0.29, 0.717) is 0 Å². The summed E-state index contributed by atoms with van der Waals surface area (Å²) in [7, 11) is 0. The zero-order chi connectivity index (χ0) is 7.78. The van der Waals surface area contributed by atoms with Gasteiger partial charge in [0.2, 0.25) is 0 Å². The normalized spacial score (nSPS) is 25.0. The van der Waals surface area contributed by atoms with E-state index >= 15 is 0 Å². The first-order valence-corrected chi connectivity index (χ1v) is 3.79. The highest BCUT2D eigenvalue weighted by Gasteiger charge is 2.40. The van der Waals surface area contributed by atoms with Gasteiger partial charge in [0.25, 0.3) is 0 Å². The maximum atomic E-state index is 10.5. The van der Waals surface area contributed by atoms with Crippen LogP contribution in [0, 0.1) is 11.3 Å². The molecule has 1 fully saturated rings. The number of aliphatic carboxylic acids is 1. The largest absolute Gasteiger partial charge is 0.481 e. The van der Waals surface area contributed by atoms with E-state index in [0.717, 1.165) is 12.8 Å². The van der Waals surface area contributed by atoms with Crippen LogP contribution in [0.15, 0.2) is 0 Å². The van der Waals surface area contributed by atoms with Gasteiger partial charge in [0.15, 0.2) is 0 Å². The molecule has 0 heterocycles. The Balaban J connectivity index is 2.54. The maximum absolute atomic E-state index is 10.5. The van der Waals surface area contributed by atoms with E-state index in [1.54, 1.807) is 0 Å². The lowest BCUT2D eigenvalue weighted by atomic mass is 9.63. The Kier molecular flexibility index (Phi) is 1.71. The summed E-state index contributed by atoms with van der Waals surface area (Å²) in [6.07, 6.45) is 3.37. The summed E-state index contributed by atoms with van der Waals surface area (Å²) < 4.78 is 0. The zero-order valence-electron chi connectivity index (χ0n) is 6.55. The highest BCUT2D eigenvalue weighted by molar-refractivity contribution is 5.70. The highest BCUT2D eigenvalue weighted by Crippen LogP contribution is 2.46. The fourth-order valence-electron chi connectivity index (χ4n) is 1.47. The van der Waals surface area contributed by atoms with Crippen LogP contribution in [-0.2, 0) is 4.79 Å². The predicted molar refractivity (Wildman–Crippen MR) is 38.8 cm³/mol. The molecule has 0 amide bonds. The average molecular weight is 142 g/mol. The lowest BCUT2D eigenvalue weighted by molar-refractivity contribution is -0.147. The van der Waals surface area contributed by atoms with Gasteiger partial charge in [0.1, 0.15) is 0 Å². The number of hydrogen-bond acceptors (Lipinski definition) is 1. The molecular formula is C8H14O2. The van der Waals surface area contributed by atoms with E-state index in [2.05, 4.69) is 6.92 Å². The van der Waals surface area contributed by atoms with Gasteiger partial charge in [-0.2, -0.15) is 0 Å². The lowest BCUT2D eigenvalue weighted by Gasteiger charge is -2.41. The molecule has 0 aromatic rings. The molecule has 1 atom stereocenters. The van der Waals surface area contributed by atoms with Crippen LogP contribution in [0.1, 0.15) is 33.1 Å². The molecule has 0 aromatic heterocycles. The number of carbonyl (C=O) groups is 1. The monoisotopic (exact) mass is 142 g/mol. The number of carboxylic acid groups (broad SMARTS) is 1. The summed E-state index contributed by atoms with van der Waals surface area (Å²) >= 11 is 0. The van der Waals surface area contributed by atoms with Crippen LogP contribution in [0.5, 0.6) is 0 Å². The molecule has 0 bridgehead atoms. The summed E-state index contributed by atoms with van der Waals surface area (Å²) in [5, 5.41) is 8.68. The van der Waals surface area contributed by atoms with Gasteiger partial charge in [-0.3, -0.25) is 4.79 Å². The van der Waals surface area contributed by atoms with Crippen molar-refractivity contribution in [1.29, 1.82) is 0 Å². The molecule has 0 saturated heterocycles. The third kappa shape index (κ3) is 1.02. The molecule has 1 saturated carbocycles. The van der Waals surface area contributed by atoms with Crippen molar-refractivity contribution in [3.8, 4) is 0 Å². The second-order valence-corrected chi connectivity index (χ2v) is 3.57. The number of hydrogen-bond donors (Lipinski definition) is 1. The Labute approximate surface area is 61.2 Å². The molecular weight excluding hydrogens is 128 g/mol. The van der Waals surface area contributed by atoms with Crippen molar-refractivity contribution in [2.75, 3.05) is 0 Å². The lowest BCUT2D eigenvalue weighted by Crippen LogP contribution is -2.37. The predicted octanol–water partition coefficient (Wildman–Crippen LogP) is 1.90. The Morgan fingerprint density at radius 3 is 2.20 bits per heavy atom. The van der Waals surface area contributed by atoms with Gasteiger partial charge in [0, 0.05) is 0 Å². The molecule has 1 unspecified atom stereocenters. The number of rotatable bonds is 2. The van der Waals surface area contributed by atoms with Gasteiger partial charge in [0.05, 0.1) is 5.92 Å². The smallest absolute Gasteiger partial charge is 0.306 e. The highest BCUT2D eigenvalue weighted by atomic mass is 16.4. The van der Waals surface area contributed by atoms with Crippen LogP contribution in [-0.4, -0.2) is 11.1 Å². The molecule has 0 aliphatic heterocycles. The van der Waals surface area contributed by atoms with E-state index in [9.17, 15) is 4.79 Å². The van der Waals surface area contributed by atoms with Gasteiger partial charge in [-0.25, -0.2) is 0 Å². The molecule has 1 aliphatic carbocycles. The molecule has 2 nitrogen and oxygen atoms in total. The fourth-order valence-corrected chi connectivity index (χ4v) is 1.47. The van der Waals surface area contributed by atoms with Gasteiger partial charge >= 0.3 is 5.97 Å². The summed E-state index contributed by atoms with van der Waals surface area (Å²) in [5.74, 6) is -0.816. The number of carboxylic acids is 1. The van der Waals surface area contributed by atoms with Crippen LogP contribution >= 0.6 is 0 Å². The zero-order valence-corrected chi connectivity index (χ0v) is 6.55. The second-order valence-electron chi connectivity index (χ2n) is 3.57. The molecule has 58 valence electrons. The minimum absolute atomic E-state index is 0.103. The third-order valence-electron chi connectivity index (χ3n) is 2.91. The van der Waals surface area contributed by atoms with Gasteiger partial charge in [-0.1, -0.05) is 20.3 Å². The minimum Gasteiger partial charge on any atom is -0.481 e. The Morgan fingerprint density at radius 1 is 1.60 bits per heavy atom.